The van der Waals surface area contributed by atoms with Crippen LogP contribution in [0, 0.1) is 5.92 Å². The second kappa shape index (κ2) is 5.69. The van der Waals surface area contributed by atoms with Crippen molar-refractivity contribution in [1.29, 1.82) is 0 Å². The highest BCUT2D eigenvalue weighted by atomic mass is 32.1. The molecule has 1 amide bonds. The van der Waals surface area contributed by atoms with E-state index in [9.17, 15) is 4.79 Å². The van der Waals surface area contributed by atoms with Gasteiger partial charge in [-0.1, -0.05) is 32.0 Å². The van der Waals surface area contributed by atoms with E-state index in [0.717, 1.165) is 21.6 Å². The minimum absolute atomic E-state index is 0.109. The first kappa shape index (κ1) is 13.8. The number of rotatable bonds is 4. The lowest BCUT2D eigenvalue weighted by molar-refractivity contribution is 0.0945. The van der Waals surface area contributed by atoms with E-state index in [2.05, 4.69) is 41.3 Å². The fourth-order valence-corrected chi connectivity index (χ4v) is 2.85. The first-order valence-corrected chi connectivity index (χ1v) is 7.83. The Bertz CT molecular complexity index is 740. The van der Waals surface area contributed by atoms with Gasteiger partial charge in [0.25, 0.3) is 5.91 Å². The van der Waals surface area contributed by atoms with E-state index in [-0.39, 0.29) is 5.91 Å². The zero-order valence-electron chi connectivity index (χ0n) is 12.0. The SMILES string of the molecule is CC(C)CNC(=O)c1csc(-c2cc3ccccc3[nH]2)n1. The number of aromatic amines is 1. The van der Waals surface area contributed by atoms with E-state index in [1.807, 2.05) is 18.2 Å². The van der Waals surface area contributed by atoms with Crippen molar-refractivity contribution in [3.8, 4) is 10.7 Å². The number of nitrogens with zero attached hydrogens (tertiary/aromatic N) is 1. The Morgan fingerprint density at radius 3 is 2.95 bits per heavy atom. The lowest BCUT2D eigenvalue weighted by atomic mass is 10.2. The number of carbonyl (C=O) groups is 1. The molecule has 0 unspecified atom stereocenters. The molecule has 0 fully saturated rings. The van der Waals surface area contributed by atoms with Crippen molar-refractivity contribution in [2.24, 2.45) is 5.92 Å². The molecule has 0 bridgehead atoms. The van der Waals surface area contributed by atoms with E-state index in [4.69, 9.17) is 0 Å². The zero-order valence-corrected chi connectivity index (χ0v) is 12.8. The van der Waals surface area contributed by atoms with Crippen LogP contribution >= 0.6 is 11.3 Å². The summed E-state index contributed by atoms with van der Waals surface area (Å²) in [6, 6.07) is 10.1. The number of fused-ring (bicyclic) bond motifs is 1. The summed E-state index contributed by atoms with van der Waals surface area (Å²) in [5.41, 5.74) is 2.51. The van der Waals surface area contributed by atoms with Crippen molar-refractivity contribution in [3.05, 3.63) is 41.4 Å². The third kappa shape index (κ3) is 2.97. The number of nitrogens with one attached hydrogen (secondary N) is 2. The van der Waals surface area contributed by atoms with Gasteiger partial charge in [-0.25, -0.2) is 4.98 Å². The molecule has 0 saturated heterocycles. The van der Waals surface area contributed by atoms with Crippen LogP contribution in [0.2, 0.25) is 0 Å². The first-order chi connectivity index (χ1) is 10.1. The van der Waals surface area contributed by atoms with Crippen molar-refractivity contribution in [1.82, 2.24) is 15.3 Å². The summed E-state index contributed by atoms with van der Waals surface area (Å²) < 4.78 is 0. The van der Waals surface area contributed by atoms with Crippen LogP contribution < -0.4 is 5.32 Å². The van der Waals surface area contributed by atoms with Gasteiger partial charge in [0, 0.05) is 22.8 Å². The van der Waals surface area contributed by atoms with Crippen LogP contribution in [0.15, 0.2) is 35.7 Å². The number of aromatic nitrogens is 2. The molecule has 108 valence electrons. The molecule has 0 aliphatic rings. The Labute approximate surface area is 127 Å². The van der Waals surface area contributed by atoms with Gasteiger partial charge in [-0.15, -0.1) is 11.3 Å². The molecule has 4 nitrogen and oxygen atoms in total. The maximum atomic E-state index is 12.0. The largest absolute Gasteiger partial charge is 0.353 e. The van der Waals surface area contributed by atoms with E-state index in [0.29, 0.717) is 18.2 Å². The average Bonchev–Trinajstić information content (AvgIpc) is 3.10. The normalized spacial score (nSPS) is 11.2. The number of benzene rings is 1. The molecular weight excluding hydrogens is 282 g/mol. The van der Waals surface area contributed by atoms with Crippen molar-refractivity contribution in [2.45, 2.75) is 13.8 Å². The zero-order chi connectivity index (χ0) is 14.8. The number of carbonyl (C=O) groups excluding carboxylic acids is 1. The maximum Gasteiger partial charge on any atom is 0.270 e. The Hall–Kier alpha value is -2.14. The summed E-state index contributed by atoms with van der Waals surface area (Å²) in [5.74, 6) is 0.322. The molecule has 0 saturated carbocycles. The van der Waals surface area contributed by atoms with E-state index in [1.54, 1.807) is 5.38 Å². The van der Waals surface area contributed by atoms with Crippen LogP contribution in [0.3, 0.4) is 0 Å². The van der Waals surface area contributed by atoms with Crippen LogP contribution in [0.5, 0.6) is 0 Å². The molecule has 2 heterocycles. The van der Waals surface area contributed by atoms with Gasteiger partial charge in [-0.2, -0.15) is 0 Å². The van der Waals surface area contributed by atoms with Gasteiger partial charge in [0.05, 0.1) is 5.69 Å². The molecule has 2 aromatic heterocycles. The van der Waals surface area contributed by atoms with Gasteiger partial charge in [0.2, 0.25) is 0 Å². The third-order valence-corrected chi connectivity index (χ3v) is 4.04. The number of para-hydroxylation sites is 1. The summed E-state index contributed by atoms with van der Waals surface area (Å²) in [6.07, 6.45) is 0. The minimum Gasteiger partial charge on any atom is -0.353 e. The average molecular weight is 299 g/mol. The van der Waals surface area contributed by atoms with Crippen LogP contribution in [0.25, 0.3) is 21.6 Å². The molecule has 0 aliphatic carbocycles. The maximum absolute atomic E-state index is 12.0. The van der Waals surface area contributed by atoms with Crippen LogP contribution in [-0.2, 0) is 0 Å². The Morgan fingerprint density at radius 2 is 2.19 bits per heavy atom. The molecule has 5 heteroatoms. The first-order valence-electron chi connectivity index (χ1n) is 6.95. The smallest absolute Gasteiger partial charge is 0.270 e. The second-order valence-electron chi connectivity index (χ2n) is 5.41. The van der Waals surface area contributed by atoms with Crippen LogP contribution in [0.4, 0.5) is 0 Å². The summed E-state index contributed by atoms with van der Waals surface area (Å²) in [5, 5.41) is 6.67. The summed E-state index contributed by atoms with van der Waals surface area (Å²) in [4.78, 5) is 19.7. The number of hydrogen-bond acceptors (Lipinski definition) is 3. The summed E-state index contributed by atoms with van der Waals surface area (Å²) >= 11 is 1.48. The highest BCUT2D eigenvalue weighted by Crippen LogP contribution is 2.26. The lowest BCUT2D eigenvalue weighted by Gasteiger charge is -2.05. The van der Waals surface area contributed by atoms with Crippen molar-refractivity contribution < 1.29 is 4.79 Å². The molecule has 0 atom stereocenters. The van der Waals surface area contributed by atoms with Crippen LogP contribution in [0.1, 0.15) is 24.3 Å². The Morgan fingerprint density at radius 1 is 1.38 bits per heavy atom. The van der Waals surface area contributed by atoms with Gasteiger partial charge in [-0.3, -0.25) is 4.79 Å². The summed E-state index contributed by atoms with van der Waals surface area (Å²) in [7, 11) is 0. The molecule has 1 aromatic carbocycles. The quantitative estimate of drug-likeness (QED) is 0.772. The number of H-pyrrole nitrogens is 1. The predicted octanol–water partition coefficient (Wildman–Crippen LogP) is 3.68. The number of hydrogen-bond donors (Lipinski definition) is 2. The van der Waals surface area contributed by atoms with Gasteiger partial charge in [0.15, 0.2) is 0 Å². The van der Waals surface area contributed by atoms with Gasteiger partial charge in [0.1, 0.15) is 10.7 Å². The molecule has 21 heavy (non-hydrogen) atoms. The Balaban J connectivity index is 1.82. The molecule has 3 rings (SSSR count). The summed E-state index contributed by atoms with van der Waals surface area (Å²) in [6.45, 7) is 4.80. The topological polar surface area (TPSA) is 57.8 Å². The molecule has 3 aromatic rings. The van der Waals surface area contributed by atoms with Crippen molar-refractivity contribution in [3.63, 3.8) is 0 Å². The highest BCUT2D eigenvalue weighted by molar-refractivity contribution is 7.13. The fourth-order valence-electron chi connectivity index (χ4n) is 2.08. The highest BCUT2D eigenvalue weighted by Gasteiger charge is 2.13. The monoisotopic (exact) mass is 299 g/mol. The molecular formula is C16H17N3OS. The van der Waals surface area contributed by atoms with E-state index >= 15 is 0 Å². The van der Waals surface area contributed by atoms with E-state index < -0.39 is 0 Å². The Kier molecular flexibility index (Phi) is 3.75. The molecule has 0 aliphatic heterocycles. The van der Waals surface area contributed by atoms with Crippen molar-refractivity contribution in [2.75, 3.05) is 6.54 Å². The fraction of sp³-hybridized carbons (Fsp3) is 0.250. The minimum atomic E-state index is -0.109. The second-order valence-corrected chi connectivity index (χ2v) is 6.27. The standard InChI is InChI=1S/C16H17N3OS/c1-10(2)8-17-15(20)14-9-21-16(19-14)13-7-11-5-3-4-6-12(11)18-13/h3-7,9-10,18H,8H2,1-2H3,(H,17,20). The van der Waals surface area contributed by atoms with Crippen molar-refractivity contribution >= 4 is 28.1 Å². The third-order valence-electron chi connectivity index (χ3n) is 3.17. The van der Waals surface area contributed by atoms with Crippen LogP contribution in [-0.4, -0.2) is 22.4 Å². The lowest BCUT2D eigenvalue weighted by Crippen LogP contribution is -2.27. The number of thiazole rings is 1. The molecule has 2 N–H and O–H groups in total. The predicted molar refractivity (Wildman–Crippen MR) is 86.6 cm³/mol. The van der Waals surface area contributed by atoms with Gasteiger partial charge in [-0.05, 0) is 18.1 Å². The van der Waals surface area contributed by atoms with Gasteiger partial charge >= 0.3 is 0 Å². The molecule has 0 spiro atoms. The number of amides is 1. The van der Waals surface area contributed by atoms with Gasteiger partial charge < -0.3 is 10.3 Å². The molecule has 0 radical (unpaired) electrons. The van der Waals surface area contributed by atoms with E-state index in [1.165, 1.54) is 11.3 Å².